The fraction of sp³-hybridized carbons (Fsp3) is 0.522. The molecule has 0 saturated carbocycles. The molecule has 3 aliphatic heterocycles. The van der Waals surface area contributed by atoms with Gasteiger partial charge in [0, 0.05) is 27.3 Å². The zero-order chi connectivity index (χ0) is 24.1. The van der Waals surface area contributed by atoms with Gasteiger partial charge in [-0.25, -0.2) is 0 Å². The largest absolute Gasteiger partial charge is 0.481 e. The number of aliphatic hydroxyl groups excluding tert-OH is 1. The molecule has 7 nitrogen and oxygen atoms in total. The molecule has 1 spiro atoms. The first-order chi connectivity index (χ1) is 15.7. The first-order valence-electron chi connectivity index (χ1n) is 10.9. The van der Waals surface area contributed by atoms with Crippen LogP contribution < -0.4 is 4.90 Å². The van der Waals surface area contributed by atoms with Gasteiger partial charge >= 0.3 is 5.97 Å². The van der Waals surface area contributed by atoms with Crippen LogP contribution in [0.3, 0.4) is 0 Å². The lowest BCUT2D eigenvalue weighted by atomic mass is 9.71. The normalized spacial score (nSPS) is 33.2. The third kappa shape index (κ3) is 3.72. The van der Waals surface area contributed by atoms with Gasteiger partial charge in [0.05, 0.1) is 29.2 Å². The smallest absolute Gasteiger partial charge is 0.308 e. The number of carbonyl (C=O) groups is 3. The van der Waals surface area contributed by atoms with E-state index in [9.17, 15) is 24.6 Å². The molecule has 10 heteroatoms. The van der Waals surface area contributed by atoms with E-state index in [1.165, 1.54) is 16.7 Å². The van der Waals surface area contributed by atoms with E-state index in [1.807, 2.05) is 6.92 Å². The molecule has 3 saturated heterocycles. The molecule has 0 radical (unpaired) electrons. The molecule has 178 valence electrons. The summed E-state index contributed by atoms with van der Waals surface area (Å²) in [5.74, 6) is -3.39. The molecule has 2 N–H and O–H groups in total. The maximum atomic E-state index is 14.2. The summed E-state index contributed by atoms with van der Waals surface area (Å²) < 4.78 is -0.884. The summed E-state index contributed by atoms with van der Waals surface area (Å²) in [6.45, 7) is 5.53. The average molecular weight is 558 g/mol. The van der Waals surface area contributed by atoms with Crippen LogP contribution in [0.5, 0.6) is 0 Å². The summed E-state index contributed by atoms with van der Waals surface area (Å²) in [4.78, 5) is 43.1. The van der Waals surface area contributed by atoms with Gasteiger partial charge < -0.3 is 20.0 Å². The Kier molecular flexibility index (Phi) is 6.88. The van der Waals surface area contributed by atoms with E-state index < -0.39 is 34.6 Å². The predicted molar refractivity (Wildman–Crippen MR) is 132 cm³/mol. The fourth-order valence-electron chi connectivity index (χ4n) is 5.66. The molecule has 1 aromatic rings. The highest BCUT2D eigenvalue weighted by Crippen LogP contribution is 2.68. The van der Waals surface area contributed by atoms with Gasteiger partial charge in [-0.05, 0) is 37.1 Å². The van der Waals surface area contributed by atoms with Gasteiger partial charge in [-0.2, -0.15) is 0 Å². The van der Waals surface area contributed by atoms with Gasteiger partial charge in [0.15, 0.2) is 0 Å². The van der Waals surface area contributed by atoms with E-state index in [0.717, 1.165) is 0 Å². The van der Waals surface area contributed by atoms with Gasteiger partial charge in [0.2, 0.25) is 5.91 Å². The van der Waals surface area contributed by atoms with Crippen LogP contribution in [0.1, 0.15) is 19.8 Å². The molecule has 4 rings (SSSR count). The monoisotopic (exact) mass is 556 g/mol. The summed E-state index contributed by atoms with van der Waals surface area (Å²) >= 11 is 11.1. The highest BCUT2D eigenvalue weighted by atomic mass is 79.9. The third-order valence-corrected chi connectivity index (χ3v) is 10.5. The van der Waals surface area contributed by atoms with Gasteiger partial charge in [-0.15, -0.1) is 18.3 Å². The maximum absolute atomic E-state index is 14.2. The number of aliphatic hydroxyl groups is 1. The molecule has 3 unspecified atom stereocenters. The van der Waals surface area contributed by atoms with Crippen molar-refractivity contribution in [2.24, 2.45) is 11.8 Å². The molecule has 3 heterocycles. The van der Waals surface area contributed by atoms with Crippen molar-refractivity contribution in [1.82, 2.24) is 4.90 Å². The number of fused-ring (bicyclic) bond motifs is 1. The van der Waals surface area contributed by atoms with Gasteiger partial charge in [-0.3, -0.25) is 14.4 Å². The summed E-state index contributed by atoms with van der Waals surface area (Å²) in [5.41, 5.74) is 0.608. The van der Waals surface area contributed by atoms with Crippen LogP contribution >= 0.6 is 39.3 Å². The van der Waals surface area contributed by atoms with Crippen molar-refractivity contribution < 1.29 is 24.6 Å². The number of amides is 2. The van der Waals surface area contributed by atoms with Crippen molar-refractivity contribution in [1.29, 1.82) is 0 Å². The summed E-state index contributed by atoms with van der Waals surface area (Å²) in [6, 6.07) is 5.36. The van der Waals surface area contributed by atoms with Crippen LogP contribution in [0, 0.1) is 11.8 Å². The third-order valence-electron chi connectivity index (χ3n) is 7.04. The molecule has 1 aromatic carbocycles. The van der Waals surface area contributed by atoms with E-state index in [-0.39, 0.29) is 35.0 Å². The Balaban J connectivity index is 1.84. The number of carboxylic acids is 1. The minimum absolute atomic E-state index is 0.125. The van der Waals surface area contributed by atoms with E-state index in [1.54, 1.807) is 35.2 Å². The number of carbonyl (C=O) groups excluding carboxylic acids is 2. The van der Waals surface area contributed by atoms with Crippen molar-refractivity contribution in [3.63, 3.8) is 0 Å². The fourth-order valence-corrected chi connectivity index (χ4v) is 9.37. The Bertz CT molecular complexity index is 974. The number of likely N-dealkylation sites (tertiary alicyclic amines) is 1. The first-order valence-corrected chi connectivity index (χ1v) is 13.0. The van der Waals surface area contributed by atoms with Crippen LogP contribution in [0.15, 0.2) is 36.9 Å². The van der Waals surface area contributed by atoms with Gasteiger partial charge in [-0.1, -0.05) is 40.5 Å². The number of anilines is 1. The lowest BCUT2D eigenvalue weighted by Gasteiger charge is -2.39. The summed E-state index contributed by atoms with van der Waals surface area (Å²) in [7, 11) is 0. The Morgan fingerprint density at radius 2 is 2.09 bits per heavy atom. The van der Waals surface area contributed by atoms with Crippen molar-refractivity contribution in [2.45, 2.75) is 46.7 Å². The minimum Gasteiger partial charge on any atom is -0.481 e. The van der Waals surface area contributed by atoms with Crippen LogP contribution in [0.4, 0.5) is 5.69 Å². The second-order valence-electron chi connectivity index (χ2n) is 8.71. The molecular weight excluding hydrogens is 532 g/mol. The molecule has 3 fully saturated rings. The topological polar surface area (TPSA) is 98.2 Å². The molecule has 0 aliphatic carbocycles. The van der Waals surface area contributed by atoms with E-state index in [2.05, 4.69) is 22.5 Å². The number of aliphatic carboxylic acids is 1. The highest BCUT2D eigenvalue weighted by Gasteiger charge is 2.76. The minimum atomic E-state index is -1.03. The molecule has 2 amide bonds. The van der Waals surface area contributed by atoms with Crippen molar-refractivity contribution >= 4 is 62.8 Å². The lowest BCUT2D eigenvalue weighted by molar-refractivity contribution is -0.149. The SMILES string of the molecule is C=CCN(C(=O)C1N([C@@H](CC)CO)C(=O)[C@@H]2[C@H](C(=O)O)[C@H]3SC12CC3Br)c1ccc(Cl)cc1. The Hall–Kier alpha value is -1.55. The quantitative estimate of drug-likeness (QED) is 0.376. The number of alkyl halides is 1. The van der Waals surface area contributed by atoms with Crippen molar-refractivity contribution in [3.05, 3.63) is 41.9 Å². The number of benzene rings is 1. The Morgan fingerprint density at radius 3 is 2.64 bits per heavy atom. The molecule has 0 aromatic heterocycles. The number of nitrogens with zero attached hydrogens (tertiary/aromatic N) is 2. The van der Waals surface area contributed by atoms with E-state index >= 15 is 0 Å². The average Bonchev–Trinajstić information content (AvgIpc) is 3.37. The predicted octanol–water partition coefficient (Wildman–Crippen LogP) is 3.18. The number of hydrogen-bond acceptors (Lipinski definition) is 5. The highest BCUT2D eigenvalue weighted by molar-refractivity contribution is 9.09. The number of halogens is 2. The Labute approximate surface area is 210 Å². The lowest BCUT2D eigenvalue weighted by Crippen LogP contribution is -2.58. The summed E-state index contributed by atoms with van der Waals surface area (Å²) in [5, 5.41) is 20.3. The van der Waals surface area contributed by atoms with Crippen LogP contribution in [-0.2, 0) is 14.4 Å². The molecule has 2 bridgehead atoms. The first kappa shape index (κ1) is 24.6. The van der Waals surface area contributed by atoms with Crippen molar-refractivity contribution in [2.75, 3.05) is 18.1 Å². The number of hydrogen-bond donors (Lipinski definition) is 2. The van der Waals surface area contributed by atoms with Gasteiger partial charge in [0.25, 0.3) is 5.91 Å². The second-order valence-corrected chi connectivity index (χ2v) is 11.9. The maximum Gasteiger partial charge on any atom is 0.308 e. The molecule has 7 atom stereocenters. The van der Waals surface area contributed by atoms with Crippen molar-refractivity contribution in [3.8, 4) is 0 Å². The summed E-state index contributed by atoms with van der Waals surface area (Å²) in [6.07, 6.45) is 2.55. The number of rotatable bonds is 8. The van der Waals surface area contributed by atoms with E-state index in [4.69, 9.17) is 11.6 Å². The molecule has 3 aliphatic rings. The molecule has 33 heavy (non-hydrogen) atoms. The number of carboxylic acid groups (broad SMARTS) is 1. The second kappa shape index (κ2) is 9.24. The Morgan fingerprint density at radius 1 is 1.42 bits per heavy atom. The molecular formula is C23H26BrClN2O5S. The zero-order valence-electron chi connectivity index (χ0n) is 18.1. The van der Waals surface area contributed by atoms with Crippen LogP contribution in [0.2, 0.25) is 5.02 Å². The van der Waals surface area contributed by atoms with Gasteiger partial charge in [0.1, 0.15) is 6.04 Å². The van der Waals surface area contributed by atoms with Crippen LogP contribution in [-0.4, -0.2) is 73.0 Å². The van der Waals surface area contributed by atoms with E-state index in [0.29, 0.717) is 23.6 Å². The standard InChI is InChI=1S/C23H26BrClN2O5S/c1-3-9-26(14-7-5-12(25)6-8-14)21(30)19-23-10-15(24)18(33-23)16(22(31)32)17(23)20(29)27(19)13(4-2)11-28/h3,5-8,13,15-19,28H,1,4,9-11H2,2H3,(H,31,32)/t13-,15?,16-,17-,18-,19?,23?/m0/s1. The zero-order valence-corrected chi connectivity index (χ0v) is 21.2. The van der Waals surface area contributed by atoms with Crippen LogP contribution in [0.25, 0.3) is 0 Å². The number of thioether (sulfide) groups is 1.